The molecule has 8 nitrogen and oxygen atoms in total. The molecule has 1 aromatic rings. The van der Waals surface area contributed by atoms with E-state index in [1.54, 1.807) is 0 Å². The van der Waals surface area contributed by atoms with Crippen LogP contribution in [0.4, 0.5) is 19.2 Å². The third kappa shape index (κ3) is 5.00. The first-order chi connectivity index (χ1) is 13.2. The number of nitrogens with two attached hydrogens (primary N) is 1. The lowest BCUT2D eigenvalue weighted by molar-refractivity contribution is -0.157. The molecule has 1 aliphatic heterocycles. The number of nitrogens with zero attached hydrogens (tertiary/aromatic N) is 3. The van der Waals surface area contributed by atoms with Crippen LogP contribution in [0.25, 0.3) is 0 Å². The fraction of sp³-hybridized carbons (Fsp3) is 0.765. The summed E-state index contributed by atoms with van der Waals surface area (Å²) in [5, 5.41) is 8.23. The van der Waals surface area contributed by atoms with Crippen LogP contribution in [0.15, 0.2) is 4.42 Å². The summed E-state index contributed by atoms with van der Waals surface area (Å²) < 4.78 is 41.7. The molecular formula is C17H24F3N5O3. The van der Waals surface area contributed by atoms with Crippen LogP contribution in [0.1, 0.15) is 50.8 Å². The predicted molar refractivity (Wildman–Crippen MR) is 91.8 cm³/mol. The number of carbonyl (C=O) groups excluding carboxylic acids is 2. The standard InChI is InChI=1S/C17H24F3N5O3/c18-17(19,20)15-23-24-16(28-15)22-13(26)9-10-5-7-25(8-6-10)14(27)11-3-1-2-4-12(11)21/h10-12H,1-9,21H2,(H,22,24,26). The van der Waals surface area contributed by atoms with Gasteiger partial charge in [0.05, 0.1) is 5.92 Å². The third-order valence-electron chi connectivity index (χ3n) is 5.45. The smallest absolute Gasteiger partial charge is 0.399 e. The van der Waals surface area contributed by atoms with E-state index in [4.69, 9.17) is 5.73 Å². The number of aromatic nitrogens is 2. The van der Waals surface area contributed by atoms with Crippen LogP contribution < -0.4 is 11.1 Å². The molecule has 2 aliphatic rings. The lowest BCUT2D eigenvalue weighted by atomic mass is 9.83. The van der Waals surface area contributed by atoms with Gasteiger partial charge in [-0.2, -0.15) is 13.2 Å². The lowest BCUT2D eigenvalue weighted by Crippen LogP contribution is -2.48. The number of likely N-dealkylation sites (tertiary alicyclic amines) is 1. The van der Waals surface area contributed by atoms with E-state index in [0.29, 0.717) is 25.9 Å². The minimum Gasteiger partial charge on any atom is -0.399 e. The van der Waals surface area contributed by atoms with Crippen LogP contribution in [-0.2, 0) is 15.8 Å². The number of hydrogen-bond acceptors (Lipinski definition) is 6. The molecular weight excluding hydrogens is 379 g/mol. The highest BCUT2D eigenvalue weighted by Crippen LogP contribution is 2.30. The van der Waals surface area contributed by atoms with Gasteiger partial charge in [0.1, 0.15) is 0 Å². The number of amides is 2. The average Bonchev–Trinajstić information content (AvgIpc) is 3.11. The molecule has 2 atom stereocenters. The molecule has 0 spiro atoms. The van der Waals surface area contributed by atoms with Gasteiger partial charge in [0.2, 0.25) is 11.8 Å². The number of halogens is 3. The monoisotopic (exact) mass is 403 g/mol. The average molecular weight is 403 g/mol. The summed E-state index contributed by atoms with van der Waals surface area (Å²) in [5.41, 5.74) is 6.09. The minimum atomic E-state index is -4.75. The highest BCUT2D eigenvalue weighted by Gasteiger charge is 2.38. The van der Waals surface area contributed by atoms with Crippen molar-refractivity contribution in [1.82, 2.24) is 15.1 Å². The zero-order valence-corrected chi connectivity index (χ0v) is 15.4. The van der Waals surface area contributed by atoms with Crippen molar-refractivity contribution < 1.29 is 27.2 Å². The van der Waals surface area contributed by atoms with E-state index in [9.17, 15) is 22.8 Å². The van der Waals surface area contributed by atoms with Crippen LogP contribution in [0.3, 0.4) is 0 Å². The first-order valence-electron chi connectivity index (χ1n) is 9.49. The number of carbonyl (C=O) groups is 2. The van der Waals surface area contributed by atoms with Crippen molar-refractivity contribution in [1.29, 1.82) is 0 Å². The maximum Gasteiger partial charge on any atom is 0.470 e. The fourth-order valence-corrected chi connectivity index (χ4v) is 3.88. The molecule has 3 rings (SSSR count). The van der Waals surface area contributed by atoms with Crippen LogP contribution in [0, 0.1) is 11.8 Å². The summed E-state index contributed by atoms with van der Waals surface area (Å²) in [4.78, 5) is 26.5. The molecule has 156 valence electrons. The molecule has 3 N–H and O–H groups in total. The second-order valence-electron chi connectivity index (χ2n) is 7.49. The van der Waals surface area contributed by atoms with Gasteiger partial charge in [-0.1, -0.05) is 17.9 Å². The van der Waals surface area contributed by atoms with E-state index >= 15 is 0 Å². The van der Waals surface area contributed by atoms with Crippen molar-refractivity contribution in [2.24, 2.45) is 17.6 Å². The molecule has 2 heterocycles. The Labute approximate surface area is 160 Å². The summed E-state index contributed by atoms with van der Waals surface area (Å²) in [6.45, 7) is 1.11. The van der Waals surface area contributed by atoms with E-state index in [1.165, 1.54) is 0 Å². The quantitative estimate of drug-likeness (QED) is 0.796. The maximum absolute atomic E-state index is 12.7. The van der Waals surface area contributed by atoms with Crippen molar-refractivity contribution in [3.8, 4) is 0 Å². The number of nitrogens with one attached hydrogen (secondary N) is 1. The first-order valence-corrected chi connectivity index (χ1v) is 9.49. The summed E-state index contributed by atoms with van der Waals surface area (Å²) in [5.74, 6) is -1.98. The number of anilines is 1. The number of alkyl halides is 3. The van der Waals surface area contributed by atoms with Gasteiger partial charge in [0, 0.05) is 25.6 Å². The summed E-state index contributed by atoms with van der Waals surface area (Å²) in [6.07, 6.45) is 0.451. The molecule has 1 saturated heterocycles. The zero-order chi connectivity index (χ0) is 20.3. The van der Waals surface area contributed by atoms with Gasteiger partial charge in [-0.3, -0.25) is 14.9 Å². The van der Waals surface area contributed by atoms with Gasteiger partial charge < -0.3 is 15.1 Å². The van der Waals surface area contributed by atoms with Gasteiger partial charge in [-0.15, -0.1) is 5.10 Å². The van der Waals surface area contributed by atoms with Gasteiger partial charge in [0.15, 0.2) is 0 Å². The Balaban J connectivity index is 1.44. The van der Waals surface area contributed by atoms with Crippen LogP contribution >= 0.6 is 0 Å². The van der Waals surface area contributed by atoms with Crippen molar-refractivity contribution in [2.75, 3.05) is 18.4 Å². The molecule has 1 aromatic heterocycles. The maximum atomic E-state index is 12.7. The summed E-state index contributed by atoms with van der Waals surface area (Å²) in [7, 11) is 0. The van der Waals surface area contributed by atoms with Crippen molar-refractivity contribution in [3.05, 3.63) is 5.89 Å². The van der Waals surface area contributed by atoms with Crippen molar-refractivity contribution >= 4 is 17.8 Å². The van der Waals surface area contributed by atoms with E-state index in [1.807, 2.05) is 4.90 Å². The number of piperidine rings is 1. The highest BCUT2D eigenvalue weighted by atomic mass is 19.4. The van der Waals surface area contributed by atoms with E-state index in [-0.39, 0.29) is 30.2 Å². The summed E-state index contributed by atoms with van der Waals surface area (Å²) in [6, 6.07) is -0.656. The van der Waals surface area contributed by atoms with Gasteiger partial charge in [-0.25, -0.2) is 0 Å². The van der Waals surface area contributed by atoms with Gasteiger partial charge in [-0.05, 0) is 31.6 Å². The lowest BCUT2D eigenvalue weighted by Gasteiger charge is -2.37. The fourth-order valence-electron chi connectivity index (χ4n) is 3.88. The van der Waals surface area contributed by atoms with Crippen LogP contribution in [-0.4, -0.2) is 46.0 Å². The Kier molecular flexibility index (Phi) is 6.21. The first kappa shape index (κ1) is 20.6. The van der Waals surface area contributed by atoms with E-state index in [0.717, 1.165) is 25.7 Å². The molecule has 2 fully saturated rings. The van der Waals surface area contributed by atoms with Crippen LogP contribution in [0.5, 0.6) is 0 Å². The summed E-state index contributed by atoms with van der Waals surface area (Å²) >= 11 is 0. The largest absolute Gasteiger partial charge is 0.470 e. The van der Waals surface area contributed by atoms with E-state index < -0.39 is 24.0 Å². The van der Waals surface area contributed by atoms with Gasteiger partial charge in [0.25, 0.3) is 0 Å². The van der Waals surface area contributed by atoms with Gasteiger partial charge >= 0.3 is 18.1 Å². The second kappa shape index (κ2) is 8.46. The molecule has 0 aromatic carbocycles. The Morgan fingerprint density at radius 3 is 2.43 bits per heavy atom. The number of rotatable bonds is 4. The molecule has 11 heteroatoms. The Morgan fingerprint density at radius 2 is 1.82 bits per heavy atom. The molecule has 2 unspecified atom stereocenters. The third-order valence-corrected chi connectivity index (χ3v) is 5.45. The normalized spacial score (nSPS) is 24.2. The Bertz CT molecular complexity index is 700. The minimum absolute atomic E-state index is 0.0362. The van der Waals surface area contributed by atoms with E-state index in [2.05, 4.69) is 19.9 Å². The molecule has 0 radical (unpaired) electrons. The highest BCUT2D eigenvalue weighted by molar-refractivity contribution is 5.88. The molecule has 2 amide bonds. The molecule has 1 aliphatic carbocycles. The molecule has 28 heavy (non-hydrogen) atoms. The van der Waals surface area contributed by atoms with Crippen molar-refractivity contribution in [3.63, 3.8) is 0 Å². The molecule has 1 saturated carbocycles. The topological polar surface area (TPSA) is 114 Å². The second-order valence-corrected chi connectivity index (χ2v) is 7.49. The van der Waals surface area contributed by atoms with Crippen molar-refractivity contribution in [2.45, 2.75) is 57.2 Å². The SMILES string of the molecule is NC1CCCCC1C(=O)N1CCC(CC(=O)Nc2nnc(C(F)(F)F)o2)CC1. The number of hydrogen-bond donors (Lipinski definition) is 2. The predicted octanol–water partition coefficient (Wildman–Crippen LogP) is 2.17. The molecule has 0 bridgehead atoms. The zero-order valence-electron chi connectivity index (χ0n) is 15.4. The Morgan fingerprint density at radius 1 is 1.14 bits per heavy atom. The van der Waals surface area contributed by atoms with Crippen LogP contribution in [0.2, 0.25) is 0 Å². The Hall–Kier alpha value is -2.17.